The molecule has 3 N–H and O–H groups in total. The van der Waals surface area contributed by atoms with Gasteiger partial charge in [-0.1, -0.05) is 6.07 Å². The van der Waals surface area contributed by atoms with E-state index >= 15 is 0 Å². The van der Waals surface area contributed by atoms with Gasteiger partial charge in [-0.2, -0.15) is 0 Å². The monoisotopic (exact) mass is 428 g/mol. The van der Waals surface area contributed by atoms with Gasteiger partial charge in [-0.15, -0.1) is 29.8 Å². The molecule has 4 nitrogen and oxygen atoms in total. The van der Waals surface area contributed by atoms with E-state index in [1.165, 1.54) is 30.3 Å². The van der Waals surface area contributed by atoms with Crippen molar-refractivity contribution in [2.45, 2.75) is 0 Å². The topological polar surface area (TPSA) is 77.8 Å². The van der Waals surface area contributed by atoms with E-state index in [1.54, 1.807) is 0 Å². The number of phenolic OH excluding ortho intramolecular Hbond substituents is 3. The normalized spacial score (nSPS) is 9.05. The van der Waals surface area contributed by atoms with Gasteiger partial charge < -0.3 is 27.5 Å². The van der Waals surface area contributed by atoms with Crippen LogP contribution in [0.1, 0.15) is 15.9 Å². The number of ketones is 1. The molecule has 19 heavy (non-hydrogen) atoms. The quantitative estimate of drug-likeness (QED) is 0.507. The van der Waals surface area contributed by atoms with E-state index in [9.17, 15) is 9.90 Å². The minimum absolute atomic E-state index is 0. The second-order valence-corrected chi connectivity index (χ2v) is 3.49. The van der Waals surface area contributed by atoms with Crippen molar-refractivity contribution in [2.24, 2.45) is 0 Å². The van der Waals surface area contributed by atoms with Gasteiger partial charge in [0.1, 0.15) is 17.3 Å². The average Bonchev–Trinajstić information content (AvgIpc) is 2.29. The third-order valence-electron chi connectivity index (χ3n) is 2.27. The van der Waals surface area contributed by atoms with Crippen molar-refractivity contribution in [3.8, 4) is 17.2 Å². The molecule has 0 heterocycles. The number of hydrogen-bond acceptors (Lipinski definition) is 4. The van der Waals surface area contributed by atoms with Crippen molar-refractivity contribution >= 4 is 5.78 Å². The SMILES string of the molecule is O=C(c1[c-]cc(O)cc1)c1ccc(O)cc1O.[CH3-].[W+2]. The molecular weight excluding hydrogens is 416 g/mol. The summed E-state index contributed by atoms with van der Waals surface area (Å²) in [7, 11) is 0. The fraction of sp³-hybridized carbons (Fsp3) is 0. The second-order valence-electron chi connectivity index (χ2n) is 3.49. The van der Waals surface area contributed by atoms with Crippen LogP contribution in [0.4, 0.5) is 0 Å². The van der Waals surface area contributed by atoms with Crippen molar-refractivity contribution < 1.29 is 41.2 Å². The van der Waals surface area contributed by atoms with Gasteiger partial charge in [0.2, 0.25) is 0 Å². The second kappa shape index (κ2) is 6.95. The molecule has 0 fully saturated rings. The molecule has 0 aliphatic heterocycles. The Bertz CT molecular complexity index is 564. The molecule has 5 heteroatoms. The van der Waals surface area contributed by atoms with Crippen molar-refractivity contribution in [3.05, 3.63) is 61.0 Å². The number of rotatable bonds is 2. The van der Waals surface area contributed by atoms with E-state index in [4.69, 9.17) is 10.2 Å². The van der Waals surface area contributed by atoms with E-state index in [2.05, 4.69) is 6.07 Å². The Labute approximate surface area is 125 Å². The molecule has 2 rings (SSSR count). The van der Waals surface area contributed by atoms with Crippen LogP contribution in [0.25, 0.3) is 0 Å². The van der Waals surface area contributed by atoms with E-state index in [-0.39, 0.29) is 56.9 Å². The Kier molecular flexibility index (Phi) is 6.29. The maximum absolute atomic E-state index is 11.9. The standard InChI is InChI=1S/C13H9O4.CH3.W/c14-9-3-1-8(2-4-9)13(17)11-6-5-10(15)7-12(11)16;;/h1,3-7,14-16H;1H3;/q2*-1;+2. The van der Waals surface area contributed by atoms with Crippen LogP contribution in [0.2, 0.25) is 0 Å². The number of carbonyl (C=O) groups excluding carboxylic acids is 1. The van der Waals surface area contributed by atoms with E-state index in [0.717, 1.165) is 6.07 Å². The third-order valence-corrected chi connectivity index (χ3v) is 2.27. The zero-order chi connectivity index (χ0) is 12.4. The molecule has 0 aliphatic carbocycles. The van der Waals surface area contributed by atoms with Crippen LogP contribution in [-0.2, 0) is 21.1 Å². The summed E-state index contributed by atoms with van der Waals surface area (Å²) in [4.78, 5) is 11.9. The number of carbonyl (C=O) groups is 1. The van der Waals surface area contributed by atoms with E-state index in [1.807, 2.05) is 0 Å². The van der Waals surface area contributed by atoms with Gasteiger partial charge in [0.15, 0.2) is 0 Å². The summed E-state index contributed by atoms with van der Waals surface area (Å²) in [6.45, 7) is 0. The molecule has 0 saturated heterocycles. The van der Waals surface area contributed by atoms with Crippen LogP contribution in [0.3, 0.4) is 0 Å². The molecule has 0 amide bonds. The molecule has 0 unspecified atom stereocenters. The summed E-state index contributed by atoms with van der Waals surface area (Å²) < 4.78 is 0. The van der Waals surface area contributed by atoms with Crippen LogP contribution >= 0.6 is 0 Å². The Morgan fingerprint density at radius 3 is 2.16 bits per heavy atom. The Balaban J connectivity index is 0.00000162. The Hall–Kier alpha value is -1.80. The van der Waals surface area contributed by atoms with E-state index in [0.29, 0.717) is 0 Å². The summed E-state index contributed by atoms with van der Waals surface area (Å²) >= 11 is 0. The third kappa shape index (κ3) is 3.83. The smallest absolute Gasteiger partial charge is 0.551 e. The molecule has 2 aromatic carbocycles. The zero-order valence-corrected chi connectivity index (χ0v) is 13.1. The summed E-state index contributed by atoms with van der Waals surface area (Å²) in [5.74, 6) is -0.829. The van der Waals surface area contributed by atoms with Crippen molar-refractivity contribution in [3.63, 3.8) is 0 Å². The molecule has 0 bridgehead atoms. The summed E-state index contributed by atoms with van der Waals surface area (Å²) in [6.07, 6.45) is 0. The number of phenols is 3. The van der Waals surface area contributed by atoms with Crippen molar-refractivity contribution in [1.29, 1.82) is 0 Å². The maximum Gasteiger partial charge on any atom is 2.00 e. The summed E-state index contributed by atoms with van der Waals surface area (Å²) in [5, 5.41) is 27.7. The van der Waals surface area contributed by atoms with Gasteiger partial charge in [0, 0.05) is 17.4 Å². The fourth-order valence-corrected chi connectivity index (χ4v) is 1.41. The van der Waals surface area contributed by atoms with Gasteiger partial charge in [-0.05, 0) is 6.07 Å². The molecule has 0 radical (unpaired) electrons. The van der Waals surface area contributed by atoms with Gasteiger partial charge in [-0.25, -0.2) is 0 Å². The van der Waals surface area contributed by atoms with Crippen LogP contribution < -0.4 is 0 Å². The molecule has 2 aromatic rings. The predicted molar refractivity (Wildman–Crippen MR) is 66.6 cm³/mol. The first-order valence-electron chi connectivity index (χ1n) is 4.85. The maximum atomic E-state index is 11.9. The van der Waals surface area contributed by atoms with Gasteiger partial charge >= 0.3 is 21.1 Å². The molecule has 0 aliphatic rings. The molecule has 0 saturated carbocycles. The largest absolute Gasteiger partial charge is 2.00 e. The Morgan fingerprint density at radius 2 is 1.63 bits per heavy atom. The first kappa shape index (κ1) is 17.2. The van der Waals surface area contributed by atoms with Crippen LogP contribution in [0, 0.1) is 13.5 Å². The zero-order valence-electron chi connectivity index (χ0n) is 10.1. The van der Waals surface area contributed by atoms with E-state index < -0.39 is 5.78 Å². The van der Waals surface area contributed by atoms with Gasteiger partial charge in [0.25, 0.3) is 0 Å². The van der Waals surface area contributed by atoms with Gasteiger partial charge in [-0.3, -0.25) is 0 Å². The van der Waals surface area contributed by atoms with Crippen molar-refractivity contribution in [2.75, 3.05) is 0 Å². The van der Waals surface area contributed by atoms with Crippen molar-refractivity contribution in [1.82, 2.24) is 0 Å². The first-order valence-corrected chi connectivity index (χ1v) is 4.85. The molecular formula is C14H12O4W. The number of aromatic hydroxyl groups is 3. The van der Waals surface area contributed by atoms with Gasteiger partial charge in [0.05, 0.1) is 0 Å². The molecule has 0 spiro atoms. The fourth-order valence-electron chi connectivity index (χ4n) is 1.41. The summed E-state index contributed by atoms with van der Waals surface area (Å²) in [6, 6.07) is 10.4. The average molecular weight is 428 g/mol. The number of hydrogen-bond donors (Lipinski definition) is 3. The Morgan fingerprint density at radius 1 is 1.00 bits per heavy atom. The molecule has 0 atom stereocenters. The number of benzene rings is 2. The molecule has 0 aromatic heterocycles. The van der Waals surface area contributed by atoms with Crippen LogP contribution in [0.5, 0.6) is 17.2 Å². The van der Waals surface area contributed by atoms with Crippen LogP contribution in [-0.4, -0.2) is 21.1 Å². The minimum Gasteiger partial charge on any atom is -0.551 e. The minimum atomic E-state index is -0.428. The molecule has 98 valence electrons. The summed E-state index contributed by atoms with van der Waals surface area (Å²) in [5.41, 5.74) is 0.300. The van der Waals surface area contributed by atoms with Crippen LogP contribution in [0.15, 0.2) is 36.4 Å². The predicted octanol–water partition coefficient (Wildman–Crippen LogP) is 2.28. The first-order chi connectivity index (χ1) is 8.08.